The monoisotopic (exact) mass is 450 g/mol. The van der Waals surface area contributed by atoms with E-state index in [1.54, 1.807) is 31.5 Å². The van der Waals surface area contributed by atoms with Gasteiger partial charge in [-0.2, -0.15) is 0 Å². The lowest BCUT2D eigenvalue weighted by molar-refractivity contribution is -0.113. The number of aliphatic imine (C=N–C) groups is 2. The van der Waals surface area contributed by atoms with Crippen LogP contribution in [0.3, 0.4) is 0 Å². The van der Waals surface area contributed by atoms with Crippen LogP contribution < -0.4 is 10.1 Å². The van der Waals surface area contributed by atoms with Crippen molar-refractivity contribution in [1.82, 2.24) is 4.98 Å². The average molecular weight is 451 g/mol. The highest BCUT2D eigenvalue weighted by Crippen LogP contribution is 2.33. The number of thioether (sulfide) groups is 1. The standard InChI is InChI=1S/C23H19ClN4O2S/c1-30-21-10-9-15(12-16(21)24)26-22(29)14-31-23-13-20(17-6-4-5-11-25-17)27-18-7-2-3-8-19(18)28-23/h2-12H,13-14H2,1H3,(H,26,29). The molecule has 0 aliphatic carbocycles. The molecule has 8 heteroatoms. The molecule has 2 aromatic carbocycles. The number of anilines is 1. The molecule has 3 aromatic rings. The van der Waals surface area contributed by atoms with Gasteiger partial charge in [-0.05, 0) is 42.5 Å². The fourth-order valence-electron chi connectivity index (χ4n) is 3.01. The molecule has 2 heterocycles. The van der Waals surface area contributed by atoms with Crippen LogP contribution in [0.2, 0.25) is 5.02 Å². The van der Waals surface area contributed by atoms with Crippen LogP contribution in [0.25, 0.3) is 0 Å². The lowest BCUT2D eigenvalue weighted by Gasteiger charge is -2.09. The molecule has 0 fully saturated rings. The van der Waals surface area contributed by atoms with Crippen LogP contribution in [0.15, 0.2) is 76.8 Å². The second-order valence-electron chi connectivity index (χ2n) is 6.63. The Kier molecular flexibility index (Phi) is 6.64. The maximum Gasteiger partial charge on any atom is 0.234 e. The molecule has 0 bridgehead atoms. The van der Waals surface area contributed by atoms with Crippen molar-refractivity contribution in [3.05, 3.63) is 77.6 Å². The van der Waals surface area contributed by atoms with Gasteiger partial charge in [-0.3, -0.25) is 9.78 Å². The Bertz CT molecular complexity index is 1170. The van der Waals surface area contributed by atoms with E-state index < -0.39 is 0 Å². The molecule has 4 rings (SSSR count). The van der Waals surface area contributed by atoms with Gasteiger partial charge >= 0.3 is 0 Å². The van der Waals surface area contributed by atoms with Gasteiger partial charge in [0.2, 0.25) is 5.91 Å². The Morgan fingerprint density at radius 2 is 1.87 bits per heavy atom. The molecule has 0 saturated carbocycles. The molecule has 156 valence electrons. The van der Waals surface area contributed by atoms with Crippen molar-refractivity contribution in [3.63, 3.8) is 0 Å². The van der Waals surface area contributed by atoms with Gasteiger partial charge in [0.05, 0.1) is 45.7 Å². The average Bonchev–Trinajstić information content (AvgIpc) is 2.98. The Hall–Kier alpha value is -3.16. The predicted octanol–water partition coefficient (Wildman–Crippen LogP) is 5.67. The molecule has 1 aliphatic heterocycles. The van der Waals surface area contributed by atoms with Crippen molar-refractivity contribution in [2.24, 2.45) is 9.98 Å². The van der Waals surface area contributed by atoms with Crippen LogP contribution in [-0.2, 0) is 4.79 Å². The summed E-state index contributed by atoms with van der Waals surface area (Å²) in [7, 11) is 1.55. The first-order chi connectivity index (χ1) is 15.1. The summed E-state index contributed by atoms with van der Waals surface area (Å²) in [4.78, 5) is 26.5. The van der Waals surface area contributed by atoms with Crippen LogP contribution >= 0.6 is 23.4 Å². The number of pyridine rings is 1. The molecular weight excluding hydrogens is 432 g/mol. The lowest BCUT2D eigenvalue weighted by atomic mass is 10.2. The quantitative estimate of drug-likeness (QED) is 0.543. The van der Waals surface area contributed by atoms with Crippen molar-refractivity contribution in [1.29, 1.82) is 0 Å². The molecular formula is C23H19ClN4O2S. The Morgan fingerprint density at radius 3 is 2.58 bits per heavy atom. The number of fused-ring (bicyclic) bond motifs is 1. The minimum atomic E-state index is -0.150. The number of amides is 1. The van der Waals surface area contributed by atoms with Gasteiger partial charge in [0.1, 0.15) is 5.75 Å². The van der Waals surface area contributed by atoms with Gasteiger partial charge < -0.3 is 10.1 Å². The van der Waals surface area contributed by atoms with Crippen LogP contribution in [0, 0.1) is 0 Å². The second kappa shape index (κ2) is 9.76. The van der Waals surface area contributed by atoms with Gasteiger partial charge in [0, 0.05) is 18.3 Å². The number of carbonyl (C=O) groups is 1. The minimum absolute atomic E-state index is 0.150. The van der Waals surface area contributed by atoms with E-state index in [-0.39, 0.29) is 11.7 Å². The van der Waals surface area contributed by atoms with Gasteiger partial charge in [-0.15, -0.1) is 11.8 Å². The zero-order valence-corrected chi connectivity index (χ0v) is 18.3. The summed E-state index contributed by atoms with van der Waals surface area (Å²) in [6, 6.07) is 18.5. The van der Waals surface area contributed by atoms with Crippen molar-refractivity contribution in [2.75, 3.05) is 18.2 Å². The topological polar surface area (TPSA) is 75.9 Å². The number of ether oxygens (including phenoxy) is 1. The third-order valence-electron chi connectivity index (χ3n) is 4.47. The summed E-state index contributed by atoms with van der Waals surface area (Å²) >= 11 is 7.52. The number of nitrogens with one attached hydrogen (secondary N) is 1. The van der Waals surface area contributed by atoms with Crippen LogP contribution in [0.1, 0.15) is 12.1 Å². The highest BCUT2D eigenvalue weighted by atomic mass is 35.5. The lowest BCUT2D eigenvalue weighted by Crippen LogP contribution is -2.16. The zero-order valence-electron chi connectivity index (χ0n) is 16.7. The van der Waals surface area contributed by atoms with E-state index in [0.717, 1.165) is 27.8 Å². The van der Waals surface area contributed by atoms with Crippen LogP contribution in [-0.4, -0.2) is 34.5 Å². The summed E-state index contributed by atoms with van der Waals surface area (Å²) in [5.41, 5.74) is 3.79. The number of halogens is 1. The number of hydrogen-bond acceptors (Lipinski definition) is 6. The van der Waals surface area contributed by atoms with E-state index in [2.05, 4.69) is 10.3 Å². The summed E-state index contributed by atoms with van der Waals surface area (Å²) < 4.78 is 5.14. The predicted molar refractivity (Wildman–Crippen MR) is 128 cm³/mol. The highest BCUT2D eigenvalue weighted by Gasteiger charge is 2.17. The van der Waals surface area contributed by atoms with Crippen LogP contribution in [0.5, 0.6) is 5.75 Å². The first kappa shape index (κ1) is 21.1. The smallest absolute Gasteiger partial charge is 0.234 e. The first-order valence-corrected chi connectivity index (χ1v) is 10.9. The van der Waals surface area contributed by atoms with Gasteiger partial charge in [0.25, 0.3) is 0 Å². The molecule has 0 unspecified atom stereocenters. The van der Waals surface area contributed by atoms with Crippen LogP contribution in [0.4, 0.5) is 17.1 Å². The molecule has 0 radical (unpaired) electrons. The summed E-state index contributed by atoms with van der Waals surface area (Å²) in [5, 5.41) is 4.10. The number of benzene rings is 2. The molecule has 31 heavy (non-hydrogen) atoms. The first-order valence-electron chi connectivity index (χ1n) is 9.54. The van der Waals surface area contributed by atoms with E-state index in [4.69, 9.17) is 26.3 Å². The van der Waals surface area contributed by atoms with E-state index >= 15 is 0 Å². The normalized spacial score (nSPS) is 12.8. The number of hydrogen-bond donors (Lipinski definition) is 1. The van der Waals surface area contributed by atoms with E-state index in [1.165, 1.54) is 11.8 Å². The van der Waals surface area contributed by atoms with Gasteiger partial charge in [0.15, 0.2) is 0 Å². The largest absolute Gasteiger partial charge is 0.495 e. The number of carbonyl (C=O) groups excluding carboxylic acids is 1. The molecule has 6 nitrogen and oxygen atoms in total. The van der Waals surface area contributed by atoms with E-state index in [9.17, 15) is 4.79 Å². The van der Waals surface area contributed by atoms with Crippen molar-refractivity contribution in [2.45, 2.75) is 6.42 Å². The maximum atomic E-state index is 12.5. The molecule has 0 atom stereocenters. The second-order valence-corrected chi connectivity index (χ2v) is 8.09. The fourth-order valence-corrected chi connectivity index (χ4v) is 4.04. The number of aromatic nitrogens is 1. The Morgan fingerprint density at radius 1 is 1.10 bits per heavy atom. The van der Waals surface area contributed by atoms with Crippen molar-refractivity contribution >= 4 is 57.1 Å². The molecule has 0 saturated heterocycles. The third-order valence-corrected chi connectivity index (χ3v) is 5.74. The summed E-state index contributed by atoms with van der Waals surface area (Å²) in [6.07, 6.45) is 2.24. The SMILES string of the molecule is COc1ccc(NC(=O)CSC2=Nc3ccccc3N=C(c3ccccn3)C2)cc1Cl. The van der Waals surface area contributed by atoms with E-state index in [0.29, 0.717) is 22.9 Å². The number of para-hydroxylation sites is 2. The Labute approximate surface area is 189 Å². The maximum absolute atomic E-state index is 12.5. The molecule has 1 aromatic heterocycles. The molecule has 1 amide bonds. The number of rotatable bonds is 5. The van der Waals surface area contributed by atoms with Gasteiger partial charge in [-0.25, -0.2) is 9.98 Å². The van der Waals surface area contributed by atoms with E-state index in [1.807, 2.05) is 42.5 Å². The molecule has 1 N–H and O–H groups in total. The Balaban J connectivity index is 1.49. The van der Waals surface area contributed by atoms with Gasteiger partial charge in [-0.1, -0.05) is 29.8 Å². The summed E-state index contributed by atoms with van der Waals surface area (Å²) in [5.74, 6) is 0.616. The minimum Gasteiger partial charge on any atom is -0.495 e. The summed E-state index contributed by atoms with van der Waals surface area (Å²) in [6.45, 7) is 0. The molecule has 1 aliphatic rings. The number of methoxy groups -OCH3 is 1. The fraction of sp³-hybridized carbons (Fsp3) is 0.130. The molecule has 0 spiro atoms. The number of nitrogens with zero attached hydrogens (tertiary/aromatic N) is 3. The highest BCUT2D eigenvalue weighted by molar-refractivity contribution is 8.14. The zero-order chi connectivity index (χ0) is 21.6. The third kappa shape index (κ3) is 5.31. The van der Waals surface area contributed by atoms with Crippen molar-refractivity contribution in [3.8, 4) is 5.75 Å². The van der Waals surface area contributed by atoms with Crippen molar-refractivity contribution < 1.29 is 9.53 Å².